The number of aryl methyl sites for hydroxylation is 1. The number of hydrogen-bond acceptors (Lipinski definition) is 2. The van der Waals surface area contributed by atoms with Gasteiger partial charge in [0.1, 0.15) is 0 Å². The monoisotopic (exact) mass is 302 g/mol. The van der Waals surface area contributed by atoms with Crippen LogP contribution in [-0.2, 0) is 7.05 Å². The minimum atomic E-state index is -0.311. The van der Waals surface area contributed by atoms with Gasteiger partial charge in [-0.25, -0.2) is 4.79 Å². The van der Waals surface area contributed by atoms with Crippen LogP contribution in [0, 0.1) is 0 Å². The van der Waals surface area contributed by atoms with Gasteiger partial charge in [-0.3, -0.25) is 9.36 Å². The van der Waals surface area contributed by atoms with Crippen molar-refractivity contribution >= 4 is 33.8 Å². The summed E-state index contributed by atoms with van der Waals surface area (Å²) < 4.78 is 2.54. The van der Waals surface area contributed by atoms with E-state index < -0.39 is 0 Å². The molecular weight excluding hydrogens is 295 g/mol. The summed E-state index contributed by atoms with van der Waals surface area (Å²) in [6.45, 7) is 0. The molecule has 2 rings (SSSR count). The summed E-state index contributed by atoms with van der Waals surface area (Å²) >= 11 is 1.71. The van der Waals surface area contributed by atoms with Crippen LogP contribution in [0.3, 0.4) is 0 Å². The number of para-hydroxylation sites is 1. The number of rotatable bonds is 0. The third-order valence-corrected chi connectivity index (χ3v) is 2.98. The standard InChI is InChI=1S/C9H7IN2O2/c1-11-7-5-3-2-4-6(7)8(13)12(10)9(11)14/h2-5H,1H3. The summed E-state index contributed by atoms with van der Waals surface area (Å²) in [5.41, 5.74) is 0.0917. The number of hydrogen-bond donors (Lipinski definition) is 0. The maximum atomic E-state index is 11.6. The van der Waals surface area contributed by atoms with Crippen molar-refractivity contribution < 1.29 is 0 Å². The molecule has 0 unspecified atom stereocenters. The van der Waals surface area contributed by atoms with Crippen molar-refractivity contribution in [1.82, 2.24) is 7.35 Å². The van der Waals surface area contributed by atoms with Crippen molar-refractivity contribution in [1.29, 1.82) is 0 Å². The van der Waals surface area contributed by atoms with Gasteiger partial charge in [-0.05, 0) is 12.1 Å². The lowest BCUT2D eigenvalue weighted by Gasteiger charge is -2.04. The van der Waals surface area contributed by atoms with Crippen LogP contribution < -0.4 is 11.2 Å². The molecule has 0 amide bonds. The molecule has 0 atom stereocenters. The van der Waals surface area contributed by atoms with Crippen LogP contribution in [0.5, 0.6) is 0 Å². The average molecular weight is 302 g/mol. The van der Waals surface area contributed by atoms with Crippen LogP contribution in [0.1, 0.15) is 0 Å². The van der Waals surface area contributed by atoms with E-state index in [1.807, 2.05) is 0 Å². The predicted octanol–water partition coefficient (Wildman–Crippen LogP) is 0.898. The van der Waals surface area contributed by atoms with Gasteiger partial charge in [-0.1, -0.05) is 12.1 Å². The fourth-order valence-electron chi connectivity index (χ4n) is 1.37. The van der Waals surface area contributed by atoms with Crippen molar-refractivity contribution in [3.8, 4) is 0 Å². The maximum Gasteiger partial charge on any atom is 0.340 e. The summed E-state index contributed by atoms with van der Waals surface area (Å²) in [5, 5.41) is 0.559. The second-order valence-corrected chi connectivity index (χ2v) is 3.91. The molecule has 1 aromatic heterocycles. The molecule has 5 heteroatoms. The lowest BCUT2D eigenvalue weighted by molar-refractivity contribution is 0.833. The van der Waals surface area contributed by atoms with Gasteiger partial charge in [0.25, 0.3) is 5.56 Å². The summed E-state index contributed by atoms with van der Waals surface area (Å²) in [4.78, 5) is 23.2. The van der Waals surface area contributed by atoms with Gasteiger partial charge in [-0.15, -0.1) is 0 Å². The first-order chi connectivity index (χ1) is 6.63. The van der Waals surface area contributed by atoms with Crippen molar-refractivity contribution in [2.24, 2.45) is 7.05 Å². The summed E-state index contributed by atoms with van der Waals surface area (Å²) in [5.74, 6) is 0. The minimum absolute atomic E-state index is 0.260. The first kappa shape index (κ1) is 9.45. The molecular formula is C9H7IN2O2. The Bertz CT molecular complexity index is 612. The van der Waals surface area contributed by atoms with Crippen molar-refractivity contribution in [2.45, 2.75) is 0 Å². The lowest BCUT2D eigenvalue weighted by atomic mass is 10.2. The Morgan fingerprint density at radius 1 is 1.21 bits per heavy atom. The average Bonchev–Trinajstić information content (AvgIpc) is 2.23. The highest BCUT2D eigenvalue weighted by molar-refractivity contribution is 14.1. The van der Waals surface area contributed by atoms with Crippen LogP contribution in [0.25, 0.3) is 10.9 Å². The summed E-state index contributed by atoms with van der Waals surface area (Å²) in [7, 11) is 1.65. The first-order valence-electron chi connectivity index (χ1n) is 4.00. The van der Waals surface area contributed by atoms with Crippen LogP contribution >= 0.6 is 22.9 Å². The van der Waals surface area contributed by atoms with Crippen LogP contribution in [0.4, 0.5) is 0 Å². The van der Waals surface area contributed by atoms with Crippen molar-refractivity contribution in [2.75, 3.05) is 0 Å². The zero-order valence-corrected chi connectivity index (χ0v) is 9.56. The molecule has 14 heavy (non-hydrogen) atoms. The highest BCUT2D eigenvalue weighted by atomic mass is 127. The van der Waals surface area contributed by atoms with Gasteiger partial charge in [0.15, 0.2) is 0 Å². The van der Waals surface area contributed by atoms with Crippen LogP contribution in [0.2, 0.25) is 0 Å². The number of fused-ring (bicyclic) bond motifs is 1. The lowest BCUT2D eigenvalue weighted by Crippen LogP contribution is -2.33. The number of nitrogens with zero attached hydrogens (tertiary/aromatic N) is 2. The summed E-state index contributed by atoms with van der Waals surface area (Å²) in [6, 6.07) is 7.06. The molecule has 0 saturated heterocycles. The largest absolute Gasteiger partial charge is 0.340 e. The van der Waals surface area contributed by atoms with Crippen molar-refractivity contribution in [3.63, 3.8) is 0 Å². The number of benzene rings is 1. The molecule has 2 aromatic rings. The second-order valence-electron chi connectivity index (χ2n) is 2.94. The van der Waals surface area contributed by atoms with E-state index in [9.17, 15) is 9.59 Å². The molecule has 0 fully saturated rings. The Hall–Kier alpha value is -1.11. The van der Waals surface area contributed by atoms with E-state index >= 15 is 0 Å². The fourth-order valence-corrected chi connectivity index (χ4v) is 1.96. The van der Waals surface area contributed by atoms with Gasteiger partial charge in [0.2, 0.25) is 0 Å². The fraction of sp³-hybridized carbons (Fsp3) is 0.111. The quantitative estimate of drug-likeness (QED) is 0.679. The smallest absolute Gasteiger partial charge is 0.296 e. The molecule has 0 aliphatic rings. The molecule has 0 radical (unpaired) electrons. The van der Waals surface area contributed by atoms with Crippen LogP contribution in [0.15, 0.2) is 33.9 Å². The Morgan fingerprint density at radius 2 is 1.86 bits per heavy atom. The van der Waals surface area contributed by atoms with Gasteiger partial charge < -0.3 is 0 Å². The molecule has 0 N–H and O–H groups in total. The normalized spacial score (nSPS) is 10.7. The van der Waals surface area contributed by atoms with E-state index in [4.69, 9.17) is 0 Å². The van der Waals surface area contributed by atoms with E-state index in [2.05, 4.69) is 0 Å². The van der Waals surface area contributed by atoms with Crippen LogP contribution in [-0.4, -0.2) is 7.35 Å². The minimum Gasteiger partial charge on any atom is -0.296 e. The zero-order valence-electron chi connectivity index (χ0n) is 7.40. The van der Waals surface area contributed by atoms with E-state index in [0.717, 1.165) is 2.78 Å². The number of aromatic nitrogens is 2. The molecule has 0 bridgehead atoms. The SMILES string of the molecule is Cn1c(=O)n(I)c(=O)c2ccccc21. The van der Waals surface area contributed by atoms with Crippen molar-refractivity contribution in [3.05, 3.63) is 45.1 Å². The molecule has 0 aliphatic heterocycles. The molecule has 0 spiro atoms. The molecule has 0 saturated carbocycles. The van der Waals surface area contributed by atoms with E-state index in [1.165, 1.54) is 4.57 Å². The molecule has 0 aliphatic carbocycles. The van der Waals surface area contributed by atoms with E-state index in [1.54, 1.807) is 54.2 Å². The second kappa shape index (κ2) is 3.23. The van der Waals surface area contributed by atoms with E-state index in [0.29, 0.717) is 10.9 Å². The number of halogens is 1. The Labute approximate surface area is 93.3 Å². The van der Waals surface area contributed by atoms with Gasteiger partial charge in [-0.2, -0.15) is 2.78 Å². The Morgan fingerprint density at radius 3 is 2.57 bits per heavy atom. The van der Waals surface area contributed by atoms with Gasteiger partial charge >= 0.3 is 5.69 Å². The topological polar surface area (TPSA) is 44.0 Å². The Balaban J connectivity index is 3.19. The highest BCUT2D eigenvalue weighted by Gasteiger charge is 2.07. The highest BCUT2D eigenvalue weighted by Crippen LogP contribution is 2.05. The Kier molecular flexibility index (Phi) is 2.18. The molecule has 1 aromatic carbocycles. The van der Waals surface area contributed by atoms with Gasteiger partial charge in [0, 0.05) is 7.05 Å². The zero-order chi connectivity index (χ0) is 10.3. The molecule has 72 valence electrons. The van der Waals surface area contributed by atoms with E-state index in [-0.39, 0.29) is 11.2 Å². The third kappa shape index (κ3) is 1.19. The predicted molar refractivity (Wildman–Crippen MR) is 62.9 cm³/mol. The summed E-state index contributed by atoms with van der Waals surface area (Å²) in [6.07, 6.45) is 0. The maximum absolute atomic E-state index is 11.6. The molecule has 4 nitrogen and oxygen atoms in total. The first-order valence-corrected chi connectivity index (χ1v) is 4.96. The molecule has 1 heterocycles. The van der Waals surface area contributed by atoms with Gasteiger partial charge in [0.05, 0.1) is 33.8 Å². The third-order valence-electron chi connectivity index (χ3n) is 2.13.